The normalized spacial score (nSPS) is 22.1. The highest BCUT2D eigenvalue weighted by molar-refractivity contribution is 5.92. The van der Waals surface area contributed by atoms with E-state index in [4.69, 9.17) is 0 Å². The van der Waals surface area contributed by atoms with Gasteiger partial charge in [-0.25, -0.2) is 0 Å². The number of amides is 2. The number of carbonyl (C=O) groups excluding carboxylic acids is 2. The van der Waals surface area contributed by atoms with Gasteiger partial charge in [0.2, 0.25) is 5.91 Å². The minimum atomic E-state index is -0.165. The van der Waals surface area contributed by atoms with Crippen molar-refractivity contribution in [1.82, 2.24) is 20.4 Å². The van der Waals surface area contributed by atoms with Crippen molar-refractivity contribution >= 4 is 11.8 Å². The Morgan fingerprint density at radius 3 is 2.58 bits per heavy atom. The van der Waals surface area contributed by atoms with E-state index in [9.17, 15) is 9.59 Å². The van der Waals surface area contributed by atoms with E-state index in [1.54, 1.807) is 0 Å². The van der Waals surface area contributed by atoms with Crippen molar-refractivity contribution in [3.8, 4) is 0 Å². The number of H-pyrrole nitrogens is 1. The van der Waals surface area contributed by atoms with E-state index in [0.29, 0.717) is 12.2 Å². The van der Waals surface area contributed by atoms with Gasteiger partial charge in [0.05, 0.1) is 0 Å². The van der Waals surface area contributed by atoms with Crippen LogP contribution in [0.4, 0.5) is 0 Å². The third kappa shape index (κ3) is 3.62. The fourth-order valence-corrected chi connectivity index (χ4v) is 3.59. The first-order valence-electron chi connectivity index (χ1n) is 9.00. The Morgan fingerprint density at radius 1 is 1.25 bits per heavy atom. The van der Waals surface area contributed by atoms with Gasteiger partial charge in [0.25, 0.3) is 5.91 Å². The van der Waals surface area contributed by atoms with Crippen LogP contribution in [0.5, 0.6) is 0 Å². The van der Waals surface area contributed by atoms with Crippen LogP contribution in [0.25, 0.3) is 0 Å². The third-order valence-corrected chi connectivity index (χ3v) is 5.16. The number of hydrogen-bond acceptors (Lipinski definition) is 3. The van der Waals surface area contributed by atoms with E-state index in [2.05, 4.69) is 36.3 Å². The number of rotatable bonds is 3. The van der Waals surface area contributed by atoms with E-state index in [-0.39, 0.29) is 29.2 Å². The summed E-state index contributed by atoms with van der Waals surface area (Å²) >= 11 is 0. The lowest BCUT2D eigenvalue weighted by Crippen LogP contribution is -2.40. The van der Waals surface area contributed by atoms with Crippen LogP contribution in [-0.2, 0) is 10.2 Å². The van der Waals surface area contributed by atoms with Crippen molar-refractivity contribution < 1.29 is 9.59 Å². The van der Waals surface area contributed by atoms with E-state index in [1.807, 2.05) is 11.0 Å². The number of nitrogens with zero attached hydrogens (tertiary/aromatic N) is 2. The Hall–Kier alpha value is -1.85. The second-order valence-electron chi connectivity index (χ2n) is 8.14. The van der Waals surface area contributed by atoms with Gasteiger partial charge in [-0.1, -0.05) is 33.6 Å². The largest absolute Gasteiger partial charge is 0.346 e. The van der Waals surface area contributed by atoms with Gasteiger partial charge < -0.3 is 10.2 Å². The van der Waals surface area contributed by atoms with Gasteiger partial charge in [0.1, 0.15) is 5.69 Å². The molecule has 132 valence electrons. The molecule has 1 atom stereocenters. The minimum Gasteiger partial charge on any atom is -0.346 e. The number of carbonyl (C=O) groups is 2. The molecule has 3 rings (SSSR count). The van der Waals surface area contributed by atoms with E-state index in [1.165, 1.54) is 12.8 Å². The predicted octanol–water partition coefficient (Wildman–Crippen LogP) is 2.23. The summed E-state index contributed by atoms with van der Waals surface area (Å²) in [7, 11) is 0. The molecule has 1 aromatic rings. The Balaban J connectivity index is 1.54. The van der Waals surface area contributed by atoms with Gasteiger partial charge in [-0.15, -0.1) is 0 Å². The molecule has 24 heavy (non-hydrogen) atoms. The van der Waals surface area contributed by atoms with Gasteiger partial charge in [-0.3, -0.25) is 14.7 Å². The summed E-state index contributed by atoms with van der Waals surface area (Å²) in [5, 5.41) is 10.1. The highest BCUT2D eigenvalue weighted by Crippen LogP contribution is 2.28. The van der Waals surface area contributed by atoms with Crippen LogP contribution in [0.3, 0.4) is 0 Å². The molecule has 0 aromatic carbocycles. The average Bonchev–Trinajstić information content (AvgIpc) is 3.26. The Morgan fingerprint density at radius 2 is 1.96 bits per heavy atom. The third-order valence-electron chi connectivity index (χ3n) is 5.16. The number of nitrogens with one attached hydrogen (secondary N) is 2. The van der Waals surface area contributed by atoms with Crippen LogP contribution >= 0.6 is 0 Å². The molecule has 1 aliphatic carbocycles. The van der Waals surface area contributed by atoms with Crippen molar-refractivity contribution in [3.05, 3.63) is 17.5 Å². The molecule has 1 aromatic heterocycles. The molecule has 1 saturated carbocycles. The number of likely N-dealkylation sites (tertiary alicyclic amines) is 1. The van der Waals surface area contributed by atoms with Crippen LogP contribution in [-0.4, -0.2) is 46.0 Å². The molecule has 0 radical (unpaired) electrons. The average molecular weight is 332 g/mol. The van der Waals surface area contributed by atoms with Gasteiger partial charge in [0, 0.05) is 36.2 Å². The van der Waals surface area contributed by atoms with Gasteiger partial charge in [-0.05, 0) is 25.3 Å². The fourth-order valence-electron chi connectivity index (χ4n) is 3.59. The number of aromatic amines is 1. The first-order chi connectivity index (χ1) is 11.3. The molecule has 1 saturated heterocycles. The molecule has 2 fully saturated rings. The van der Waals surface area contributed by atoms with E-state index < -0.39 is 0 Å². The van der Waals surface area contributed by atoms with Crippen molar-refractivity contribution in [2.45, 2.75) is 64.3 Å². The van der Waals surface area contributed by atoms with Crippen molar-refractivity contribution in [2.24, 2.45) is 5.92 Å². The van der Waals surface area contributed by atoms with Crippen LogP contribution in [0.15, 0.2) is 6.07 Å². The molecule has 6 nitrogen and oxygen atoms in total. The lowest BCUT2D eigenvalue weighted by Gasteiger charge is -2.20. The Labute approximate surface area is 143 Å². The topological polar surface area (TPSA) is 78.1 Å². The van der Waals surface area contributed by atoms with Crippen molar-refractivity contribution in [2.75, 3.05) is 13.1 Å². The maximum absolute atomic E-state index is 12.5. The summed E-state index contributed by atoms with van der Waals surface area (Å²) < 4.78 is 0. The molecular formula is C18H28N4O2. The highest BCUT2D eigenvalue weighted by Gasteiger charge is 2.33. The molecule has 2 aliphatic rings. The van der Waals surface area contributed by atoms with Crippen LogP contribution in [0, 0.1) is 5.92 Å². The maximum Gasteiger partial charge on any atom is 0.272 e. The summed E-state index contributed by atoms with van der Waals surface area (Å²) in [5.74, 6) is 0.320. The zero-order valence-electron chi connectivity index (χ0n) is 14.9. The summed E-state index contributed by atoms with van der Waals surface area (Å²) in [4.78, 5) is 26.8. The van der Waals surface area contributed by atoms with Gasteiger partial charge >= 0.3 is 0 Å². The molecule has 0 spiro atoms. The second-order valence-corrected chi connectivity index (χ2v) is 8.14. The zero-order chi connectivity index (χ0) is 17.3. The summed E-state index contributed by atoms with van der Waals surface area (Å²) in [6, 6.07) is 1.84. The number of hydrogen-bond donors (Lipinski definition) is 2. The Bertz CT molecular complexity index is 611. The highest BCUT2D eigenvalue weighted by atomic mass is 16.2. The quantitative estimate of drug-likeness (QED) is 0.891. The fraction of sp³-hybridized carbons (Fsp3) is 0.722. The first kappa shape index (κ1) is 17.0. The monoisotopic (exact) mass is 332 g/mol. The smallest absolute Gasteiger partial charge is 0.272 e. The second kappa shape index (κ2) is 6.57. The van der Waals surface area contributed by atoms with E-state index in [0.717, 1.165) is 31.5 Å². The lowest BCUT2D eigenvalue weighted by atomic mass is 9.92. The molecular weight excluding hydrogens is 304 g/mol. The molecule has 2 amide bonds. The molecule has 2 heterocycles. The molecule has 0 bridgehead atoms. The first-order valence-corrected chi connectivity index (χ1v) is 9.00. The van der Waals surface area contributed by atoms with Gasteiger partial charge in [0.15, 0.2) is 0 Å². The van der Waals surface area contributed by atoms with Gasteiger partial charge in [-0.2, -0.15) is 5.10 Å². The van der Waals surface area contributed by atoms with Crippen molar-refractivity contribution in [3.63, 3.8) is 0 Å². The molecule has 2 N–H and O–H groups in total. The number of aromatic nitrogens is 2. The van der Waals surface area contributed by atoms with Crippen LogP contribution in [0.1, 0.15) is 69.1 Å². The van der Waals surface area contributed by atoms with E-state index >= 15 is 0 Å². The SMILES string of the molecule is CC(C)(C)c1cc(C(=O)NC2CCN(C(=O)C3CCCC3)C2)n[nH]1. The Kier molecular flexibility index (Phi) is 4.65. The summed E-state index contributed by atoms with van der Waals surface area (Å²) in [6.45, 7) is 7.59. The minimum absolute atomic E-state index is 0.0256. The maximum atomic E-state index is 12.5. The molecule has 1 unspecified atom stereocenters. The lowest BCUT2D eigenvalue weighted by molar-refractivity contribution is -0.134. The predicted molar refractivity (Wildman–Crippen MR) is 91.7 cm³/mol. The zero-order valence-corrected chi connectivity index (χ0v) is 14.9. The summed E-state index contributed by atoms with van der Waals surface area (Å²) in [5.41, 5.74) is 1.29. The van der Waals surface area contributed by atoms with Crippen LogP contribution in [0.2, 0.25) is 0 Å². The molecule has 1 aliphatic heterocycles. The molecule has 6 heteroatoms. The van der Waals surface area contributed by atoms with Crippen LogP contribution < -0.4 is 5.32 Å². The van der Waals surface area contributed by atoms with Crippen molar-refractivity contribution in [1.29, 1.82) is 0 Å². The standard InChI is InChI=1S/C18H28N4O2/c1-18(2,3)15-10-14(20-21-15)16(23)19-13-8-9-22(11-13)17(24)12-6-4-5-7-12/h10,12-13H,4-9,11H2,1-3H3,(H,19,23)(H,20,21). The summed E-state index contributed by atoms with van der Waals surface area (Å²) in [6.07, 6.45) is 5.20.